The summed E-state index contributed by atoms with van der Waals surface area (Å²) in [5.41, 5.74) is -0.105. The quantitative estimate of drug-likeness (QED) is 0.492. The Morgan fingerprint density at radius 1 is 1.10 bits per heavy atom. The minimum Gasteiger partial charge on any atom is -0.346 e. The highest BCUT2D eigenvalue weighted by Crippen LogP contribution is 2.34. The third kappa shape index (κ3) is 5.52. The van der Waals surface area contributed by atoms with Crippen LogP contribution in [0.5, 0.6) is 0 Å². The molecule has 29 heavy (non-hydrogen) atoms. The van der Waals surface area contributed by atoms with E-state index in [9.17, 15) is 13.2 Å². The second kappa shape index (κ2) is 9.94. The van der Waals surface area contributed by atoms with Crippen LogP contribution in [0.3, 0.4) is 0 Å². The molecule has 2 aliphatic rings. The highest BCUT2D eigenvalue weighted by molar-refractivity contribution is 5.68. The normalized spacial score (nSPS) is 28.0. The highest BCUT2D eigenvalue weighted by atomic mass is 19.2. The molecule has 1 aliphatic carbocycles. The van der Waals surface area contributed by atoms with Gasteiger partial charge in [-0.2, -0.15) is 0 Å². The van der Waals surface area contributed by atoms with Gasteiger partial charge in [0.25, 0.3) is 0 Å². The minimum absolute atomic E-state index is 0.0567. The molecule has 3 rings (SSSR count). The van der Waals surface area contributed by atoms with Crippen LogP contribution in [0, 0.1) is 17.6 Å². The topological polar surface area (TPSA) is 18.5 Å². The maximum atomic E-state index is 14.7. The number of halogens is 3. The minimum atomic E-state index is -1.47. The number of rotatable bonds is 7. The van der Waals surface area contributed by atoms with Crippen LogP contribution in [0.1, 0.15) is 69.9 Å². The van der Waals surface area contributed by atoms with Gasteiger partial charge in [0.15, 0.2) is 23.6 Å². The third-order valence-electron chi connectivity index (χ3n) is 5.82. The van der Waals surface area contributed by atoms with Crippen LogP contribution < -0.4 is 0 Å². The smallest absolute Gasteiger partial charge is 0.177 e. The van der Waals surface area contributed by atoms with Crippen LogP contribution in [-0.2, 0) is 9.47 Å². The van der Waals surface area contributed by atoms with Crippen molar-refractivity contribution in [2.24, 2.45) is 5.92 Å². The van der Waals surface area contributed by atoms with Crippen molar-refractivity contribution in [2.75, 3.05) is 13.2 Å². The van der Waals surface area contributed by atoms with Crippen molar-refractivity contribution in [1.82, 2.24) is 0 Å². The van der Waals surface area contributed by atoms with Crippen molar-refractivity contribution in [3.8, 4) is 0 Å². The van der Waals surface area contributed by atoms with Crippen molar-refractivity contribution < 1.29 is 22.6 Å². The van der Waals surface area contributed by atoms with Crippen molar-refractivity contribution in [2.45, 2.75) is 70.8 Å². The first-order chi connectivity index (χ1) is 14.0. The number of alkyl halides is 1. The molecule has 2 nitrogen and oxygen atoms in total. The molecule has 0 saturated carbocycles. The summed E-state index contributed by atoms with van der Waals surface area (Å²) in [5.74, 6) is -1.05. The van der Waals surface area contributed by atoms with E-state index in [1.807, 2.05) is 6.92 Å². The molecule has 1 unspecified atom stereocenters. The Balaban J connectivity index is 1.65. The first-order valence-electron chi connectivity index (χ1n) is 10.7. The molecular weight excluding hydrogens is 377 g/mol. The molecule has 0 spiro atoms. The van der Waals surface area contributed by atoms with E-state index in [1.54, 1.807) is 12.1 Å². The standard InChI is InChI=1S/C24H31F3O2/c1-3-5-17-6-8-18(9-7-17)20-12-10-19(22(25)23(20)26)11-13-21-28-15-24(27,14-4-2)16-29-21/h8,10-13,17,21H,3-7,9,14-16H2,1-2H3/b13-11+. The summed E-state index contributed by atoms with van der Waals surface area (Å²) in [5, 5.41) is 0. The van der Waals surface area contributed by atoms with Gasteiger partial charge in [0.05, 0.1) is 13.2 Å². The summed E-state index contributed by atoms with van der Waals surface area (Å²) >= 11 is 0. The van der Waals surface area contributed by atoms with Gasteiger partial charge in [0.2, 0.25) is 0 Å². The summed E-state index contributed by atoms with van der Waals surface area (Å²) in [7, 11) is 0. The molecule has 1 heterocycles. The van der Waals surface area contributed by atoms with Gasteiger partial charge >= 0.3 is 0 Å². The summed E-state index contributed by atoms with van der Waals surface area (Å²) in [6.45, 7) is 3.96. The largest absolute Gasteiger partial charge is 0.346 e. The average Bonchev–Trinajstić information content (AvgIpc) is 2.72. The van der Waals surface area contributed by atoms with E-state index in [-0.39, 0.29) is 18.8 Å². The molecule has 0 amide bonds. The van der Waals surface area contributed by atoms with Crippen LogP contribution in [-0.4, -0.2) is 25.2 Å². The van der Waals surface area contributed by atoms with E-state index < -0.39 is 23.6 Å². The summed E-state index contributed by atoms with van der Waals surface area (Å²) in [6.07, 6.45) is 10.4. The number of hydrogen-bond acceptors (Lipinski definition) is 2. The zero-order valence-electron chi connectivity index (χ0n) is 17.4. The van der Waals surface area contributed by atoms with Crippen LogP contribution >= 0.6 is 0 Å². The van der Waals surface area contributed by atoms with E-state index in [4.69, 9.17) is 9.47 Å². The Kier molecular flexibility index (Phi) is 7.58. The second-order valence-corrected chi connectivity index (χ2v) is 8.24. The molecule has 1 saturated heterocycles. The van der Waals surface area contributed by atoms with Crippen molar-refractivity contribution in [3.05, 3.63) is 47.0 Å². The molecule has 0 N–H and O–H groups in total. The SMILES string of the molecule is CCCC1CC=C(c2ccc(/C=C/C3OCC(F)(CCC)CO3)c(F)c2F)CC1. The van der Waals surface area contributed by atoms with Gasteiger partial charge in [-0.3, -0.25) is 0 Å². The second-order valence-electron chi connectivity index (χ2n) is 8.24. The zero-order chi connectivity index (χ0) is 20.9. The fourth-order valence-corrected chi connectivity index (χ4v) is 4.18. The lowest BCUT2D eigenvalue weighted by atomic mass is 9.84. The fourth-order valence-electron chi connectivity index (χ4n) is 4.18. The van der Waals surface area contributed by atoms with Gasteiger partial charge in [-0.05, 0) is 43.3 Å². The highest BCUT2D eigenvalue weighted by Gasteiger charge is 2.35. The zero-order valence-corrected chi connectivity index (χ0v) is 17.4. The maximum Gasteiger partial charge on any atom is 0.177 e. The van der Waals surface area contributed by atoms with Gasteiger partial charge in [0.1, 0.15) is 0 Å². The number of allylic oxidation sites excluding steroid dienone is 2. The Labute approximate surface area is 171 Å². The van der Waals surface area contributed by atoms with Gasteiger partial charge < -0.3 is 9.47 Å². The summed E-state index contributed by atoms with van der Waals surface area (Å²) < 4.78 is 54.4. The summed E-state index contributed by atoms with van der Waals surface area (Å²) in [4.78, 5) is 0. The Morgan fingerprint density at radius 2 is 1.86 bits per heavy atom. The lowest BCUT2D eigenvalue weighted by Crippen LogP contribution is -2.43. The number of hydrogen-bond donors (Lipinski definition) is 0. The Morgan fingerprint density at radius 3 is 2.48 bits per heavy atom. The molecule has 1 aromatic rings. The lowest BCUT2D eigenvalue weighted by Gasteiger charge is -2.32. The lowest BCUT2D eigenvalue weighted by molar-refractivity contribution is -0.212. The van der Waals surface area contributed by atoms with Gasteiger partial charge in [-0.25, -0.2) is 13.2 Å². The molecular formula is C24H31F3O2. The molecule has 5 heteroatoms. The van der Waals surface area contributed by atoms with E-state index >= 15 is 0 Å². The predicted molar refractivity (Wildman–Crippen MR) is 110 cm³/mol. The molecule has 1 aromatic carbocycles. The van der Waals surface area contributed by atoms with Gasteiger partial charge in [0, 0.05) is 11.1 Å². The first kappa shape index (κ1) is 22.1. The van der Waals surface area contributed by atoms with E-state index in [0.717, 1.165) is 31.3 Å². The maximum absolute atomic E-state index is 14.7. The van der Waals surface area contributed by atoms with E-state index in [1.165, 1.54) is 18.6 Å². The monoisotopic (exact) mass is 408 g/mol. The molecule has 1 fully saturated rings. The van der Waals surface area contributed by atoms with Crippen LogP contribution in [0.25, 0.3) is 11.6 Å². The number of benzene rings is 1. The predicted octanol–water partition coefficient (Wildman–Crippen LogP) is 6.84. The molecule has 0 radical (unpaired) electrons. The molecule has 1 aliphatic heterocycles. The van der Waals surface area contributed by atoms with Crippen molar-refractivity contribution in [1.29, 1.82) is 0 Å². The molecule has 160 valence electrons. The van der Waals surface area contributed by atoms with Gasteiger partial charge in [-0.15, -0.1) is 0 Å². The summed E-state index contributed by atoms with van der Waals surface area (Å²) in [6, 6.07) is 3.21. The van der Waals surface area contributed by atoms with Crippen LogP contribution in [0.15, 0.2) is 24.3 Å². The molecule has 1 atom stereocenters. The Hall–Kier alpha value is -1.59. The van der Waals surface area contributed by atoms with Crippen molar-refractivity contribution in [3.63, 3.8) is 0 Å². The number of ether oxygens (including phenoxy) is 2. The van der Waals surface area contributed by atoms with E-state index in [2.05, 4.69) is 13.0 Å². The first-order valence-corrected chi connectivity index (χ1v) is 10.7. The average molecular weight is 409 g/mol. The van der Waals surface area contributed by atoms with Crippen LogP contribution in [0.4, 0.5) is 13.2 Å². The van der Waals surface area contributed by atoms with E-state index in [0.29, 0.717) is 24.3 Å². The fraction of sp³-hybridized carbons (Fsp3) is 0.583. The molecule has 0 bridgehead atoms. The Bertz CT molecular complexity index is 749. The van der Waals surface area contributed by atoms with Crippen molar-refractivity contribution >= 4 is 11.6 Å². The van der Waals surface area contributed by atoms with Gasteiger partial charge in [-0.1, -0.05) is 57.4 Å². The molecule has 0 aromatic heterocycles. The third-order valence-corrected chi connectivity index (χ3v) is 5.82. The van der Waals surface area contributed by atoms with Crippen LogP contribution in [0.2, 0.25) is 0 Å².